The van der Waals surface area contributed by atoms with E-state index in [-0.39, 0.29) is 11.9 Å². The fourth-order valence-corrected chi connectivity index (χ4v) is 4.37. The Morgan fingerprint density at radius 1 is 1.00 bits per heavy atom. The van der Waals surface area contributed by atoms with Crippen molar-refractivity contribution >= 4 is 11.9 Å². The molecule has 8 heteroatoms. The number of carbonyl (C=O) groups is 1. The third kappa shape index (κ3) is 5.31. The van der Waals surface area contributed by atoms with Gasteiger partial charge in [0.15, 0.2) is 11.7 Å². The summed E-state index contributed by atoms with van der Waals surface area (Å²) in [6.07, 6.45) is 7.04. The van der Waals surface area contributed by atoms with E-state index in [1.165, 1.54) is 25.5 Å². The Morgan fingerprint density at radius 3 is 2.35 bits per heavy atom. The van der Waals surface area contributed by atoms with Gasteiger partial charge in [0.05, 0.1) is 25.1 Å². The molecule has 4 heterocycles. The number of hydrogen-bond donors (Lipinski definition) is 1. The molecule has 2 fully saturated rings. The molecule has 2 aliphatic heterocycles. The van der Waals surface area contributed by atoms with Gasteiger partial charge in [-0.05, 0) is 57.1 Å². The number of hydrogen-bond acceptors (Lipinski definition) is 5. The van der Waals surface area contributed by atoms with Gasteiger partial charge in [-0.25, -0.2) is 0 Å². The molecule has 1 amide bonds. The Hall–Kier alpha value is -2.74. The first-order valence-electron chi connectivity index (χ1n) is 11.4. The second-order valence-corrected chi connectivity index (χ2v) is 8.08. The summed E-state index contributed by atoms with van der Waals surface area (Å²) in [4.78, 5) is 24.1. The van der Waals surface area contributed by atoms with Crippen LogP contribution in [0.5, 0.6) is 0 Å². The molecule has 0 saturated carbocycles. The van der Waals surface area contributed by atoms with E-state index >= 15 is 0 Å². The fraction of sp³-hybridized carbons (Fsp3) is 0.565. The first-order valence-corrected chi connectivity index (χ1v) is 11.4. The standard InChI is InChI=1S/C23H33N5O3/c1-2-24-23(28-14-12-27(13-15-28)22(29)21-9-7-17-31-21)25-18-19(20-8-6-16-30-20)26-10-4-3-5-11-26/h6-9,16-17,19H,2-5,10-15,18H2,1H3,(H,24,25). The van der Waals surface area contributed by atoms with Crippen molar-refractivity contribution in [3.63, 3.8) is 0 Å². The molecule has 0 radical (unpaired) electrons. The predicted octanol–water partition coefficient (Wildman–Crippen LogP) is 2.82. The molecule has 1 N–H and O–H groups in total. The zero-order valence-electron chi connectivity index (χ0n) is 18.3. The van der Waals surface area contributed by atoms with Crippen LogP contribution in [0, 0.1) is 0 Å². The lowest BCUT2D eigenvalue weighted by Crippen LogP contribution is -2.54. The highest BCUT2D eigenvalue weighted by Gasteiger charge is 2.27. The second-order valence-electron chi connectivity index (χ2n) is 8.08. The number of nitrogens with zero attached hydrogens (tertiary/aromatic N) is 4. The van der Waals surface area contributed by atoms with Gasteiger partial charge < -0.3 is 24.0 Å². The molecular formula is C23H33N5O3. The largest absolute Gasteiger partial charge is 0.468 e. The zero-order chi connectivity index (χ0) is 21.5. The van der Waals surface area contributed by atoms with Crippen molar-refractivity contribution in [2.75, 3.05) is 52.4 Å². The molecule has 4 rings (SSSR count). The van der Waals surface area contributed by atoms with E-state index in [9.17, 15) is 4.79 Å². The van der Waals surface area contributed by atoms with Gasteiger partial charge in [-0.1, -0.05) is 6.42 Å². The lowest BCUT2D eigenvalue weighted by atomic mass is 10.1. The molecule has 1 unspecified atom stereocenters. The molecule has 0 spiro atoms. The van der Waals surface area contributed by atoms with Crippen molar-refractivity contribution in [2.45, 2.75) is 32.2 Å². The van der Waals surface area contributed by atoms with Crippen LogP contribution >= 0.6 is 0 Å². The van der Waals surface area contributed by atoms with E-state index in [0.29, 0.717) is 25.4 Å². The molecule has 2 aliphatic rings. The predicted molar refractivity (Wildman–Crippen MR) is 119 cm³/mol. The summed E-state index contributed by atoms with van der Waals surface area (Å²) in [5.41, 5.74) is 0. The van der Waals surface area contributed by atoms with Crippen LogP contribution in [0.15, 0.2) is 50.6 Å². The third-order valence-corrected chi connectivity index (χ3v) is 6.05. The second kappa shape index (κ2) is 10.5. The van der Waals surface area contributed by atoms with Crippen molar-refractivity contribution in [1.29, 1.82) is 0 Å². The number of aliphatic imine (C=N–C) groups is 1. The SMILES string of the molecule is CCNC(=NCC(c1ccco1)N1CCCCC1)N1CCN(C(=O)c2ccco2)CC1. The molecule has 0 bridgehead atoms. The van der Waals surface area contributed by atoms with Crippen LogP contribution in [0.25, 0.3) is 0 Å². The number of guanidine groups is 1. The Labute approximate surface area is 183 Å². The van der Waals surface area contributed by atoms with Gasteiger partial charge in [0.25, 0.3) is 5.91 Å². The van der Waals surface area contributed by atoms with E-state index < -0.39 is 0 Å². The first kappa shape index (κ1) is 21.5. The molecular weight excluding hydrogens is 394 g/mol. The first-order chi connectivity index (χ1) is 15.3. The van der Waals surface area contributed by atoms with Gasteiger partial charge in [0, 0.05) is 32.7 Å². The minimum Gasteiger partial charge on any atom is -0.468 e. The molecule has 8 nitrogen and oxygen atoms in total. The number of furan rings is 2. The maximum atomic E-state index is 12.5. The summed E-state index contributed by atoms with van der Waals surface area (Å²) in [6.45, 7) is 8.51. The highest BCUT2D eigenvalue weighted by molar-refractivity contribution is 5.91. The van der Waals surface area contributed by atoms with Crippen LogP contribution in [-0.4, -0.2) is 78.9 Å². The monoisotopic (exact) mass is 427 g/mol. The van der Waals surface area contributed by atoms with Crippen molar-refractivity contribution < 1.29 is 13.6 Å². The van der Waals surface area contributed by atoms with Crippen molar-refractivity contribution in [3.8, 4) is 0 Å². The summed E-state index contributed by atoms with van der Waals surface area (Å²) >= 11 is 0. The lowest BCUT2D eigenvalue weighted by molar-refractivity contribution is 0.0657. The quantitative estimate of drug-likeness (QED) is 0.564. The molecule has 1 atom stereocenters. The summed E-state index contributed by atoms with van der Waals surface area (Å²) < 4.78 is 11.0. The highest BCUT2D eigenvalue weighted by Crippen LogP contribution is 2.25. The fourth-order valence-electron chi connectivity index (χ4n) is 4.37. The van der Waals surface area contributed by atoms with Gasteiger partial charge >= 0.3 is 0 Å². The Bertz CT molecular complexity index is 820. The van der Waals surface area contributed by atoms with Gasteiger partial charge in [0.1, 0.15) is 5.76 Å². The van der Waals surface area contributed by atoms with Crippen LogP contribution < -0.4 is 5.32 Å². The number of rotatable bonds is 6. The third-order valence-electron chi connectivity index (χ3n) is 6.05. The number of piperidine rings is 1. The van der Waals surface area contributed by atoms with Gasteiger partial charge in [-0.15, -0.1) is 0 Å². The molecule has 2 aromatic rings. The molecule has 0 aliphatic carbocycles. The topological polar surface area (TPSA) is 77.5 Å². The van der Waals surface area contributed by atoms with Crippen molar-refractivity contribution in [2.24, 2.45) is 4.99 Å². The Balaban J connectivity index is 1.41. The van der Waals surface area contributed by atoms with Gasteiger partial charge in [0.2, 0.25) is 0 Å². The summed E-state index contributed by atoms with van der Waals surface area (Å²) in [6, 6.07) is 7.63. The Kier molecular flexibility index (Phi) is 7.30. The minimum absolute atomic E-state index is 0.0467. The van der Waals surface area contributed by atoms with Crippen molar-refractivity contribution in [3.05, 3.63) is 48.3 Å². The maximum absolute atomic E-state index is 12.5. The maximum Gasteiger partial charge on any atom is 0.289 e. The Morgan fingerprint density at radius 2 is 1.71 bits per heavy atom. The van der Waals surface area contributed by atoms with Gasteiger partial charge in [-0.2, -0.15) is 0 Å². The minimum atomic E-state index is -0.0467. The number of likely N-dealkylation sites (tertiary alicyclic amines) is 1. The smallest absolute Gasteiger partial charge is 0.289 e. The van der Waals surface area contributed by atoms with E-state index in [2.05, 4.69) is 28.1 Å². The van der Waals surface area contributed by atoms with E-state index in [4.69, 9.17) is 13.8 Å². The summed E-state index contributed by atoms with van der Waals surface area (Å²) in [7, 11) is 0. The van der Waals surface area contributed by atoms with E-state index in [0.717, 1.165) is 44.4 Å². The average molecular weight is 428 g/mol. The van der Waals surface area contributed by atoms with Crippen LogP contribution in [-0.2, 0) is 0 Å². The van der Waals surface area contributed by atoms with Crippen LogP contribution in [0.4, 0.5) is 0 Å². The molecule has 0 aromatic carbocycles. The zero-order valence-corrected chi connectivity index (χ0v) is 18.3. The average Bonchev–Trinajstić information content (AvgIpc) is 3.54. The highest BCUT2D eigenvalue weighted by atomic mass is 16.3. The van der Waals surface area contributed by atoms with Crippen molar-refractivity contribution in [1.82, 2.24) is 20.0 Å². The number of piperazine rings is 1. The molecule has 31 heavy (non-hydrogen) atoms. The van der Waals surface area contributed by atoms with Gasteiger partial charge in [-0.3, -0.25) is 14.7 Å². The summed E-state index contributed by atoms with van der Waals surface area (Å²) in [5.74, 6) is 2.24. The van der Waals surface area contributed by atoms with Crippen LogP contribution in [0.1, 0.15) is 48.5 Å². The summed E-state index contributed by atoms with van der Waals surface area (Å²) in [5, 5.41) is 3.43. The van der Waals surface area contributed by atoms with Crippen LogP contribution in [0.3, 0.4) is 0 Å². The number of amides is 1. The van der Waals surface area contributed by atoms with Crippen LogP contribution in [0.2, 0.25) is 0 Å². The normalized spacial score (nSPS) is 19.5. The lowest BCUT2D eigenvalue weighted by Gasteiger charge is -2.37. The molecule has 2 aromatic heterocycles. The number of nitrogens with one attached hydrogen (secondary N) is 1. The van der Waals surface area contributed by atoms with E-state index in [1.807, 2.05) is 11.0 Å². The number of carbonyl (C=O) groups excluding carboxylic acids is 1. The van der Waals surface area contributed by atoms with E-state index in [1.54, 1.807) is 18.4 Å². The molecule has 168 valence electrons. The molecule has 2 saturated heterocycles.